The molecule has 130 valence electrons. The molecule has 0 atom stereocenters. The van der Waals surface area contributed by atoms with Gasteiger partial charge in [-0.1, -0.05) is 25.7 Å². The minimum Gasteiger partial charge on any atom is -0.316 e. The molecule has 3 rings (SSSR count). The Morgan fingerprint density at radius 3 is 2.08 bits per heavy atom. The summed E-state index contributed by atoms with van der Waals surface area (Å²) < 4.78 is 28.3. The van der Waals surface area contributed by atoms with E-state index in [1.54, 1.807) is 13.0 Å². The van der Waals surface area contributed by atoms with E-state index in [1.165, 1.54) is 6.07 Å². The molecule has 0 amide bonds. The number of rotatable bonds is 3. The first-order chi connectivity index (χ1) is 11.4. The zero-order valence-corrected chi connectivity index (χ0v) is 14.3. The molecule has 24 heavy (non-hydrogen) atoms. The van der Waals surface area contributed by atoms with Crippen LogP contribution in [-0.2, 0) is 10.0 Å². The SMILES string of the molecule is Cc1cc2[nH]c(=O)c(=O)[nH]c2cc1S(=O)(=O)NC1CCCCCC1. The predicted octanol–water partition coefficient (Wildman–Crippen LogP) is 1.53. The second-order valence-electron chi connectivity index (χ2n) is 6.38. The number of nitrogens with one attached hydrogen (secondary N) is 3. The first kappa shape index (κ1) is 16.9. The van der Waals surface area contributed by atoms with Crippen LogP contribution in [0.1, 0.15) is 44.1 Å². The molecule has 1 fully saturated rings. The second-order valence-corrected chi connectivity index (χ2v) is 8.06. The third-order valence-electron chi connectivity index (χ3n) is 4.48. The van der Waals surface area contributed by atoms with E-state index in [4.69, 9.17) is 0 Å². The van der Waals surface area contributed by atoms with Crippen molar-refractivity contribution in [3.05, 3.63) is 38.4 Å². The summed E-state index contributed by atoms with van der Waals surface area (Å²) in [6, 6.07) is 2.91. The number of sulfonamides is 1. The van der Waals surface area contributed by atoms with Crippen molar-refractivity contribution in [3.8, 4) is 0 Å². The molecule has 0 bridgehead atoms. The Morgan fingerprint density at radius 2 is 1.50 bits per heavy atom. The molecule has 0 spiro atoms. The van der Waals surface area contributed by atoms with Crippen LogP contribution in [0.5, 0.6) is 0 Å². The van der Waals surface area contributed by atoms with E-state index < -0.39 is 21.1 Å². The molecule has 1 aliphatic carbocycles. The molecule has 1 saturated carbocycles. The number of H-pyrrole nitrogens is 2. The Hall–Kier alpha value is -1.93. The van der Waals surface area contributed by atoms with Crippen molar-refractivity contribution in [3.63, 3.8) is 0 Å². The standard InChI is InChI=1S/C16H21N3O4S/c1-10-8-12-13(18-16(21)15(20)17-12)9-14(10)24(22,23)19-11-6-4-2-3-5-7-11/h8-9,11,19H,2-7H2,1H3,(H,17,20)(H,18,21). The Labute approximate surface area is 139 Å². The van der Waals surface area contributed by atoms with Gasteiger partial charge in [0.25, 0.3) is 0 Å². The van der Waals surface area contributed by atoms with E-state index in [1.807, 2.05) is 0 Å². The highest BCUT2D eigenvalue weighted by Crippen LogP contribution is 2.23. The lowest BCUT2D eigenvalue weighted by Crippen LogP contribution is -2.35. The fourth-order valence-corrected chi connectivity index (χ4v) is 4.78. The summed E-state index contributed by atoms with van der Waals surface area (Å²) in [7, 11) is -3.69. The molecule has 7 nitrogen and oxygen atoms in total. The number of aryl methyl sites for hydroxylation is 1. The summed E-state index contributed by atoms with van der Waals surface area (Å²) in [4.78, 5) is 27.9. The van der Waals surface area contributed by atoms with Crippen molar-refractivity contribution in [2.45, 2.75) is 56.4 Å². The van der Waals surface area contributed by atoms with Crippen molar-refractivity contribution in [2.75, 3.05) is 0 Å². The van der Waals surface area contributed by atoms with Crippen molar-refractivity contribution in [1.82, 2.24) is 14.7 Å². The van der Waals surface area contributed by atoms with E-state index in [9.17, 15) is 18.0 Å². The number of aromatic nitrogens is 2. The molecule has 0 radical (unpaired) electrons. The van der Waals surface area contributed by atoms with E-state index in [-0.39, 0.29) is 10.9 Å². The zero-order valence-electron chi connectivity index (χ0n) is 13.5. The van der Waals surface area contributed by atoms with Gasteiger partial charge in [-0.05, 0) is 37.5 Å². The van der Waals surface area contributed by atoms with Gasteiger partial charge in [0.05, 0.1) is 15.9 Å². The molecule has 1 aromatic carbocycles. The topological polar surface area (TPSA) is 112 Å². The van der Waals surface area contributed by atoms with Crippen LogP contribution in [-0.4, -0.2) is 24.4 Å². The van der Waals surface area contributed by atoms with Gasteiger partial charge < -0.3 is 9.97 Å². The molecule has 0 unspecified atom stereocenters. The highest BCUT2D eigenvalue weighted by Gasteiger charge is 2.23. The average molecular weight is 351 g/mol. The van der Waals surface area contributed by atoms with Gasteiger partial charge in [-0.25, -0.2) is 13.1 Å². The van der Waals surface area contributed by atoms with Crippen molar-refractivity contribution >= 4 is 21.1 Å². The lowest BCUT2D eigenvalue weighted by atomic mass is 10.1. The molecule has 8 heteroatoms. The summed E-state index contributed by atoms with van der Waals surface area (Å²) in [6.45, 7) is 1.67. The maximum Gasteiger partial charge on any atom is 0.314 e. The van der Waals surface area contributed by atoms with Gasteiger partial charge in [-0.3, -0.25) is 9.59 Å². The minimum absolute atomic E-state index is 0.0535. The predicted molar refractivity (Wildman–Crippen MR) is 91.7 cm³/mol. The first-order valence-corrected chi connectivity index (χ1v) is 9.64. The maximum atomic E-state index is 12.8. The molecule has 2 aromatic rings. The minimum atomic E-state index is -3.69. The number of hydrogen-bond donors (Lipinski definition) is 3. The number of aromatic amines is 2. The quantitative estimate of drug-likeness (QED) is 0.575. The van der Waals surface area contributed by atoms with Crippen LogP contribution in [0.4, 0.5) is 0 Å². The Bertz CT molecular complexity index is 967. The normalized spacial score (nSPS) is 17.0. The Kier molecular flexibility index (Phi) is 4.60. The number of hydrogen-bond acceptors (Lipinski definition) is 4. The van der Waals surface area contributed by atoms with Gasteiger partial charge in [-0.15, -0.1) is 0 Å². The Balaban J connectivity index is 2.00. The number of fused-ring (bicyclic) bond motifs is 1. The van der Waals surface area contributed by atoms with Crippen molar-refractivity contribution < 1.29 is 8.42 Å². The van der Waals surface area contributed by atoms with Crippen LogP contribution in [0, 0.1) is 6.92 Å². The maximum absolute atomic E-state index is 12.8. The van der Waals surface area contributed by atoms with Gasteiger partial charge >= 0.3 is 11.1 Å². The smallest absolute Gasteiger partial charge is 0.314 e. The highest BCUT2D eigenvalue weighted by molar-refractivity contribution is 7.89. The first-order valence-electron chi connectivity index (χ1n) is 8.16. The summed E-state index contributed by atoms with van der Waals surface area (Å²) >= 11 is 0. The zero-order chi connectivity index (χ0) is 17.3. The van der Waals surface area contributed by atoms with E-state index >= 15 is 0 Å². The van der Waals surface area contributed by atoms with Crippen molar-refractivity contribution in [2.24, 2.45) is 0 Å². The van der Waals surface area contributed by atoms with Gasteiger partial charge in [0, 0.05) is 6.04 Å². The third kappa shape index (κ3) is 3.44. The summed E-state index contributed by atoms with van der Waals surface area (Å²) in [6.07, 6.45) is 6.02. The average Bonchev–Trinajstić information content (AvgIpc) is 2.76. The monoisotopic (exact) mass is 351 g/mol. The molecule has 0 saturated heterocycles. The van der Waals surface area contributed by atoms with Gasteiger partial charge in [0.15, 0.2) is 0 Å². The largest absolute Gasteiger partial charge is 0.316 e. The van der Waals surface area contributed by atoms with Crippen LogP contribution in [0.3, 0.4) is 0 Å². The van der Waals surface area contributed by atoms with E-state index in [0.29, 0.717) is 16.6 Å². The van der Waals surface area contributed by atoms with Crippen LogP contribution in [0.15, 0.2) is 26.6 Å². The lowest BCUT2D eigenvalue weighted by molar-refractivity contribution is 0.509. The van der Waals surface area contributed by atoms with E-state index in [2.05, 4.69) is 14.7 Å². The summed E-state index contributed by atoms with van der Waals surface area (Å²) in [5.41, 5.74) is -0.330. The fraction of sp³-hybridized carbons (Fsp3) is 0.500. The molecule has 1 aliphatic rings. The third-order valence-corrected chi connectivity index (χ3v) is 6.15. The highest BCUT2D eigenvalue weighted by atomic mass is 32.2. The second kappa shape index (κ2) is 6.52. The van der Waals surface area contributed by atoms with Crippen molar-refractivity contribution in [1.29, 1.82) is 0 Å². The fourth-order valence-electron chi connectivity index (χ4n) is 3.22. The van der Waals surface area contributed by atoms with Gasteiger partial charge in [0.1, 0.15) is 0 Å². The number of benzene rings is 1. The molecular formula is C16H21N3O4S. The molecule has 0 aliphatic heterocycles. The summed E-state index contributed by atoms with van der Waals surface area (Å²) in [5.74, 6) is 0. The van der Waals surface area contributed by atoms with Gasteiger partial charge in [0.2, 0.25) is 10.0 Å². The van der Waals surface area contributed by atoms with Crippen LogP contribution >= 0.6 is 0 Å². The van der Waals surface area contributed by atoms with Crippen LogP contribution in [0.2, 0.25) is 0 Å². The van der Waals surface area contributed by atoms with Gasteiger partial charge in [-0.2, -0.15) is 0 Å². The molecule has 1 heterocycles. The molecular weight excluding hydrogens is 330 g/mol. The molecule has 1 aromatic heterocycles. The Morgan fingerprint density at radius 1 is 0.958 bits per heavy atom. The van der Waals surface area contributed by atoms with Crippen LogP contribution < -0.4 is 15.8 Å². The lowest BCUT2D eigenvalue weighted by Gasteiger charge is -2.17. The summed E-state index contributed by atoms with van der Waals surface area (Å²) in [5, 5.41) is 0. The van der Waals surface area contributed by atoms with E-state index in [0.717, 1.165) is 38.5 Å². The molecule has 3 N–H and O–H groups in total. The van der Waals surface area contributed by atoms with Crippen LogP contribution in [0.25, 0.3) is 11.0 Å².